The summed E-state index contributed by atoms with van der Waals surface area (Å²) in [5, 5.41) is 4.04. The maximum absolute atomic E-state index is 2.85. The van der Waals surface area contributed by atoms with E-state index >= 15 is 0 Å². The topological polar surface area (TPSA) is 9.86 Å². The summed E-state index contributed by atoms with van der Waals surface area (Å²) >= 11 is 0. The Morgan fingerprint density at radius 2 is 0.864 bits per heavy atom. The van der Waals surface area contributed by atoms with Crippen LogP contribution in [0.4, 0.5) is 0 Å². The Labute approximate surface area is 397 Å². The molecule has 2 aromatic heterocycles. The zero-order valence-corrected chi connectivity index (χ0v) is 43.7. The highest BCUT2D eigenvalue weighted by molar-refractivity contribution is 6.90. The second kappa shape index (κ2) is 13.9. The summed E-state index contributed by atoms with van der Waals surface area (Å²) < 4.78 is 5.53. The number of benzene rings is 6. The van der Waals surface area contributed by atoms with E-state index in [1.807, 2.05) is 0 Å². The van der Waals surface area contributed by atoms with Gasteiger partial charge in [-0.25, -0.2) is 0 Å². The molecule has 0 amide bonds. The second-order valence-electron chi connectivity index (χ2n) is 26.5. The first-order chi connectivity index (χ1) is 30.4. The van der Waals surface area contributed by atoms with Crippen molar-refractivity contribution in [3.63, 3.8) is 0 Å². The smallest absolute Gasteiger partial charge is 0.333 e. The van der Waals surface area contributed by atoms with Gasteiger partial charge < -0.3 is 9.05 Å². The van der Waals surface area contributed by atoms with Crippen molar-refractivity contribution in [3.05, 3.63) is 136 Å². The number of aryl methyl sites for hydroxylation is 1. The van der Waals surface area contributed by atoms with Crippen molar-refractivity contribution in [2.75, 3.05) is 0 Å². The third kappa shape index (κ3) is 6.71. The summed E-state index contributed by atoms with van der Waals surface area (Å²) in [4.78, 5) is 0. The van der Waals surface area contributed by atoms with Gasteiger partial charge in [0.25, 0.3) is 0 Å². The molecule has 6 aromatic carbocycles. The Morgan fingerprint density at radius 3 is 1.45 bits per heavy atom. The minimum atomic E-state index is -0.0807. The van der Waals surface area contributed by atoms with Crippen LogP contribution in [-0.4, -0.2) is 15.9 Å². The number of hydrogen-bond acceptors (Lipinski definition) is 0. The summed E-state index contributed by atoms with van der Waals surface area (Å²) in [5.41, 5.74) is 25.4. The van der Waals surface area contributed by atoms with E-state index in [1.54, 1.807) is 0 Å². The molecule has 2 nitrogen and oxygen atoms in total. The van der Waals surface area contributed by atoms with Crippen molar-refractivity contribution in [2.24, 2.45) is 0 Å². The monoisotopic (exact) mass is 869 g/mol. The third-order valence-electron chi connectivity index (χ3n) is 15.4. The fraction of sp³-hybridized carbons (Fsp3) is 0.397. The standard InChI is InChI=1S/C63H73BN2/c1-36-20-23-39(59(5,6)7)28-44(36)57-53(37-21-24-38(25-22-37)58(2,3)4)49-33-41(61(11,12)13)31-48-46-30-43(63(17,18)19)35-52-54(46)64(66(57)55(48)49)50-34-42(62(14,15)16)32-47-45-29-40(60(8,9)10)26-27-51(45)65(52)56(47)50/h20-35H,1-19H3. The third-order valence-corrected chi connectivity index (χ3v) is 15.4. The van der Waals surface area contributed by atoms with Gasteiger partial charge in [-0.15, -0.1) is 0 Å². The molecular formula is C63H73BN2. The SMILES string of the molecule is Cc1ccc(C(C)(C)C)cc1-c1c(-c2ccc(C(C)(C)C)cc2)c2cc(C(C)(C)C)cc3c2n1B1c2c-3cc(C(C)(C)C)cc2-n2c3ccc(C(C)(C)C)cc3c3cc(C(C)(C)C)cc1c32. The van der Waals surface area contributed by atoms with E-state index in [-0.39, 0.29) is 39.3 Å². The molecule has 3 heteroatoms. The summed E-state index contributed by atoms with van der Waals surface area (Å²) in [6, 6.07) is 39.7. The molecule has 2 aliphatic rings. The molecule has 0 unspecified atom stereocenters. The van der Waals surface area contributed by atoms with Crippen molar-refractivity contribution in [3.8, 4) is 39.2 Å². The van der Waals surface area contributed by atoms with Crippen LogP contribution in [0.1, 0.15) is 164 Å². The van der Waals surface area contributed by atoms with Crippen LogP contribution in [0.2, 0.25) is 0 Å². The lowest BCUT2D eigenvalue weighted by Gasteiger charge is -2.37. The molecule has 0 saturated carbocycles. The van der Waals surface area contributed by atoms with Crippen LogP contribution in [0.5, 0.6) is 0 Å². The van der Waals surface area contributed by atoms with Gasteiger partial charge in [-0.05, 0) is 143 Å². The lowest BCUT2D eigenvalue weighted by Crippen LogP contribution is -2.56. The minimum absolute atomic E-state index is 0.0161. The molecule has 0 saturated heterocycles. The predicted octanol–water partition coefficient (Wildman–Crippen LogP) is 16.1. The highest BCUT2D eigenvalue weighted by Gasteiger charge is 2.45. The molecule has 2 aliphatic heterocycles. The van der Waals surface area contributed by atoms with E-state index in [1.165, 1.54) is 122 Å². The normalized spacial score (nSPS) is 14.3. The molecule has 10 rings (SSSR count). The molecule has 0 bridgehead atoms. The summed E-state index contributed by atoms with van der Waals surface area (Å²) in [6.07, 6.45) is 0. The van der Waals surface area contributed by atoms with Gasteiger partial charge in [0.2, 0.25) is 0 Å². The minimum Gasteiger partial charge on any atom is -0.375 e. The van der Waals surface area contributed by atoms with Gasteiger partial charge in [0.15, 0.2) is 0 Å². The molecule has 338 valence electrons. The van der Waals surface area contributed by atoms with Gasteiger partial charge in [0, 0.05) is 49.7 Å². The van der Waals surface area contributed by atoms with Crippen LogP contribution in [-0.2, 0) is 32.5 Å². The maximum Gasteiger partial charge on any atom is 0.333 e. The highest BCUT2D eigenvalue weighted by atomic mass is 15.0. The zero-order chi connectivity index (χ0) is 47.7. The van der Waals surface area contributed by atoms with Crippen molar-refractivity contribution in [2.45, 2.75) is 164 Å². The molecule has 0 atom stereocenters. The number of rotatable bonds is 2. The van der Waals surface area contributed by atoms with Crippen molar-refractivity contribution in [1.82, 2.24) is 9.05 Å². The van der Waals surface area contributed by atoms with E-state index in [0.717, 1.165) is 0 Å². The average Bonchev–Trinajstić information content (AvgIpc) is 3.72. The highest BCUT2D eigenvalue weighted by Crippen LogP contribution is 2.51. The molecule has 0 fully saturated rings. The van der Waals surface area contributed by atoms with E-state index in [4.69, 9.17) is 0 Å². The Kier molecular flexibility index (Phi) is 9.38. The first-order valence-electron chi connectivity index (χ1n) is 24.7. The molecule has 4 heterocycles. The Bertz CT molecular complexity index is 3340. The van der Waals surface area contributed by atoms with Gasteiger partial charge in [-0.2, -0.15) is 0 Å². The number of hydrogen-bond donors (Lipinski definition) is 0. The van der Waals surface area contributed by atoms with Crippen LogP contribution in [0.3, 0.4) is 0 Å². The number of fused-ring (bicyclic) bond motifs is 7. The van der Waals surface area contributed by atoms with E-state index in [2.05, 4.69) is 238 Å². The van der Waals surface area contributed by atoms with Crippen LogP contribution >= 0.6 is 0 Å². The van der Waals surface area contributed by atoms with Gasteiger partial charge in [0.1, 0.15) is 0 Å². The Balaban J connectivity index is 1.49. The van der Waals surface area contributed by atoms with E-state index < -0.39 is 0 Å². The van der Waals surface area contributed by atoms with Crippen molar-refractivity contribution in [1.29, 1.82) is 0 Å². The number of aromatic nitrogens is 2. The molecular weight excluding hydrogens is 796 g/mol. The van der Waals surface area contributed by atoms with Crippen molar-refractivity contribution < 1.29 is 0 Å². The number of nitrogens with zero attached hydrogens (tertiary/aromatic N) is 2. The molecule has 0 aliphatic carbocycles. The predicted molar refractivity (Wildman–Crippen MR) is 290 cm³/mol. The molecule has 0 spiro atoms. The lowest BCUT2D eigenvalue weighted by atomic mass is 9.45. The fourth-order valence-corrected chi connectivity index (χ4v) is 11.1. The lowest BCUT2D eigenvalue weighted by molar-refractivity contribution is 0.589. The van der Waals surface area contributed by atoms with E-state index in [0.29, 0.717) is 0 Å². The van der Waals surface area contributed by atoms with Gasteiger partial charge >= 0.3 is 6.85 Å². The van der Waals surface area contributed by atoms with Gasteiger partial charge in [0.05, 0.1) is 11.0 Å². The summed E-state index contributed by atoms with van der Waals surface area (Å²) in [7, 11) is 0. The largest absolute Gasteiger partial charge is 0.375 e. The van der Waals surface area contributed by atoms with E-state index in [9.17, 15) is 0 Å². The molecule has 0 N–H and O–H groups in total. The van der Waals surface area contributed by atoms with Crippen LogP contribution in [0, 0.1) is 6.92 Å². The Morgan fingerprint density at radius 1 is 0.394 bits per heavy atom. The molecule has 66 heavy (non-hydrogen) atoms. The Hall–Kier alpha value is -5.28. The van der Waals surface area contributed by atoms with Gasteiger partial charge in [-0.1, -0.05) is 179 Å². The fourth-order valence-electron chi connectivity index (χ4n) is 11.1. The van der Waals surface area contributed by atoms with Crippen LogP contribution < -0.4 is 10.9 Å². The zero-order valence-electron chi connectivity index (χ0n) is 43.7. The first kappa shape index (κ1) is 44.6. The summed E-state index contributed by atoms with van der Waals surface area (Å²) in [5.74, 6) is 0. The van der Waals surface area contributed by atoms with Crippen LogP contribution in [0.15, 0.2) is 97.1 Å². The molecule has 8 aromatic rings. The first-order valence-corrected chi connectivity index (χ1v) is 24.7. The van der Waals surface area contributed by atoms with Crippen LogP contribution in [0.25, 0.3) is 71.9 Å². The summed E-state index contributed by atoms with van der Waals surface area (Å²) in [6.45, 7) is 44.8. The maximum atomic E-state index is 2.85. The quantitative estimate of drug-likeness (QED) is 0.153. The van der Waals surface area contributed by atoms with Gasteiger partial charge in [-0.3, -0.25) is 0 Å². The average molecular weight is 869 g/mol. The molecule has 0 radical (unpaired) electrons. The second-order valence-corrected chi connectivity index (χ2v) is 26.5. The van der Waals surface area contributed by atoms with Crippen molar-refractivity contribution >= 4 is 50.5 Å².